The molecule has 2 aromatic rings. The molecule has 1 aliphatic rings. The molecule has 1 aromatic carbocycles. The summed E-state index contributed by atoms with van der Waals surface area (Å²) in [7, 11) is 0. The zero-order valence-corrected chi connectivity index (χ0v) is 21.6. The molecule has 1 aliphatic heterocycles. The van der Waals surface area contributed by atoms with Gasteiger partial charge in [-0.05, 0) is 59.7 Å². The highest BCUT2D eigenvalue weighted by atomic mass is 16.5. The molecule has 1 atom stereocenters. The summed E-state index contributed by atoms with van der Waals surface area (Å²) >= 11 is 0. The number of aliphatic hydroxyl groups excluding tert-OH is 1. The summed E-state index contributed by atoms with van der Waals surface area (Å²) in [6.07, 6.45) is -0.761. The Balaban J connectivity index is 1.68. The van der Waals surface area contributed by atoms with Crippen molar-refractivity contribution in [2.75, 3.05) is 37.6 Å². The number of benzene rings is 1. The van der Waals surface area contributed by atoms with E-state index in [4.69, 9.17) is 10.00 Å². The molecule has 0 saturated carbocycles. The van der Waals surface area contributed by atoms with Crippen molar-refractivity contribution >= 4 is 5.82 Å². The summed E-state index contributed by atoms with van der Waals surface area (Å²) < 4.78 is 9.01. The summed E-state index contributed by atoms with van der Waals surface area (Å²) in [4.78, 5) is 30.0. The molecule has 1 fully saturated rings. The Hall–Kier alpha value is -3.09. The first-order chi connectivity index (χ1) is 16.4. The molecule has 0 bridgehead atoms. The topological polar surface area (TPSA) is 104 Å². The third-order valence-corrected chi connectivity index (χ3v) is 6.46. The summed E-state index contributed by atoms with van der Waals surface area (Å²) in [6, 6.07) is 10.3. The second-order valence-corrected chi connectivity index (χ2v) is 10.2. The quantitative estimate of drug-likeness (QED) is 0.615. The average molecular weight is 484 g/mol. The number of nitriles is 1. The molecule has 1 aromatic heterocycles. The van der Waals surface area contributed by atoms with E-state index in [1.165, 1.54) is 4.57 Å². The van der Waals surface area contributed by atoms with Crippen LogP contribution in [-0.2, 0) is 0 Å². The van der Waals surface area contributed by atoms with Gasteiger partial charge in [0.1, 0.15) is 23.3 Å². The third-order valence-electron chi connectivity index (χ3n) is 6.46. The number of piperazine rings is 1. The van der Waals surface area contributed by atoms with Crippen LogP contribution in [0.5, 0.6) is 5.75 Å². The summed E-state index contributed by atoms with van der Waals surface area (Å²) in [6.45, 7) is 14.3. The fourth-order valence-corrected chi connectivity index (χ4v) is 4.39. The van der Waals surface area contributed by atoms with Crippen LogP contribution >= 0.6 is 0 Å². The highest BCUT2D eigenvalue weighted by molar-refractivity contribution is 5.40. The van der Waals surface area contributed by atoms with Gasteiger partial charge in [0.15, 0.2) is 0 Å². The van der Waals surface area contributed by atoms with E-state index in [2.05, 4.69) is 15.9 Å². The van der Waals surface area contributed by atoms with E-state index in [1.807, 2.05) is 41.5 Å². The van der Waals surface area contributed by atoms with Crippen molar-refractivity contribution < 1.29 is 9.84 Å². The van der Waals surface area contributed by atoms with E-state index >= 15 is 0 Å². The summed E-state index contributed by atoms with van der Waals surface area (Å²) in [5.41, 5.74) is -0.918. The van der Waals surface area contributed by atoms with E-state index in [-0.39, 0.29) is 23.3 Å². The number of aliphatic hydroxyl groups is 1. The van der Waals surface area contributed by atoms with Crippen molar-refractivity contribution in [1.82, 2.24) is 14.0 Å². The van der Waals surface area contributed by atoms with Crippen LogP contribution in [0, 0.1) is 11.3 Å². The third kappa shape index (κ3) is 5.95. The normalized spacial score (nSPS) is 15.9. The molecule has 0 radical (unpaired) electrons. The number of hydrogen-bond acceptors (Lipinski definition) is 7. The van der Waals surface area contributed by atoms with Gasteiger partial charge in [-0.1, -0.05) is 6.07 Å². The lowest BCUT2D eigenvalue weighted by Gasteiger charge is -2.40. The molecule has 35 heavy (non-hydrogen) atoms. The van der Waals surface area contributed by atoms with Crippen LogP contribution in [0.15, 0.2) is 39.9 Å². The van der Waals surface area contributed by atoms with Crippen molar-refractivity contribution in [3.05, 3.63) is 56.7 Å². The molecule has 1 unspecified atom stereocenters. The molecular formula is C26H37N5O4. The Labute approximate surface area is 206 Å². The first kappa shape index (κ1) is 26.5. The molecule has 0 amide bonds. The van der Waals surface area contributed by atoms with Crippen LogP contribution in [0.4, 0.5) is 5.82 Å². The van der Waals surface area contributed by atoms with E-state index in [1.54, 1.807) is 34.9 Å². The minimum absolute atomic E-state index is 0.0829. The van der Waals surface area contributed by atoms with Crippen LogP contribution in [0.25, 0.3) is 0 Å². The van der Waals surface area contributed by atoms with Gasteiger partial charge >= 0.3 is 5.69 Å². The fourth-order valence-electron chi connectivity index (χ4n) is 4.39. The van der Waals surface area contributed by atoms with E-state index in [0.717, 1.165) is 0 Å². The van der Waals surface area contributed by atoms with Gasteiger partial charge in [0, 0.05) is 50.9 Å². The Kier molecular flexibility index (Phi) is 8.08. The van der Waals surface area contributed by atoms with Crippen molar-refractivity contribution in [3.8, 4) is 11.8 Å². The molecule has 9 nitrogen and oxygen atoms in total. The molecule has 2 heterocycles. The average Bonchev–Trinajstić information content (AvgIpc) is 2.78. The van der Waals surface area contributed by atoms with Gasteiger partial charge in [0.2, 0.25) is 0 Å². The number of β-amino-alcohol motifs (C(OH)–C–C–N with tert-alkyl or cyclic N) is 1. The number of ether oxygens (including phenoxy) is 1. The predicted octanol–water partition coefficient (Wildman–Crippen LogP) is 2.38. The summed E-state index contributed by atoms with van der Waals surface area (Å²) in [5, 5.41) is 20.0. The SMILES string of the molecule is CC(C)n1c(N2CCN(CC(O)C(C)(C)Oc3cccc(C#N)c3)CC2)cc(=O)n(C(C)C)c1=O. The zero-order valence-electron chi connectivity index (χ0n) is 21.6. The van der Waals surface area contributed by atoms with Crippen molar-refractivity contribution in [2.45, 2.75) is 65.3 Å². The number of hydrogen-bond donors (Lipinski definition) is 1. The van der Waals surface area contributed by atoms with Gasteiger partial charge in [-0.3, -0.25) is 18.8 Å². The Morgan fingerprint density at radius 1 is 1.03 bits per heavy atom. The minimum atomic E-state index is -0.856. The van der Waals surface area contributed by atoms with E-state index in [9.17, 15) is 14.7 Å². The molecule has 0 aliphatic carbocycles. The Bertz CT molecular complexity index is 1180. The first-order valence-electron chi connectivity index (χ1n) is 12.2. The van der Waals surface area contributed by atoms with Gasteiger partial charge < -0.3 is 14.7 Å². The molecular weight excluding hydrogens is 446 g/mol. The van der Waals surface area contributed by atoms with Gasteiger partial charge in [-0.25, -0.2) is 4.79 Å². The summed E-state index contributed by atoms with van der Waals surface area (Å²) in [5.74, 6) is 1.19. The van der Waals surface area contributed by atoms with E-state index < -0.39 is 11.7 Å². The second kappa shape index (κ2) is 10.7. The molecule has 9 heteroatoms. The van der Waals surface area contributed by atoms with Crippen LogP contribution < -0.4 is 20.9 Å². The first-order valence-corrected chi connectivity index (χ1v) is 12.2. The predicted molar refractivity (Wildman–Crippen MR) is 136 cm³/mol. The Morgan fingerprint density at radius 2 is 1.66 bits per heavy atom. The van der Waals surface area contributed by atoms with Crippen molar-refractivity contribution in [2.24, 2.45) is 0 Å². The number of aromatic nitrogens is 2. The zero-order chi connectivity index (χ0) is 25.9. The van der Waals surface area contributed by atoms with E-state index in [0.29, 0.717) is 49.9 Å². The largest absolute Gasteiger partial charge is 0.485 e. The lowest BCUT2D eigenvalue weighted by Crippen LogP contribution is -2.54. The second-order valence-electron chi connectivity index (χ2n) is 10.2. The lowest BCUT2D eigenvalue weighted by atomic mass is 10.0. The van der Waals surface area contributed by atoms with Crippen LogP contribution in [0.1, 0.15) is 59.2 Å². The number of nitrogens with zero attached hydrogens (tertiary/aromatic N) is 5. The van der Waals surface area contributed by atoms with Gasteiger partial charge in [0.25, 0.3) is 5.56 Å². The van der Waals surface area contributed by atoms with Gasteiger partial charge in [0.05, 0.1) is 11.6 Å². The Morgan fingerprint density at radius 3 is 2.23 bits per heavy atom. The highest BCUT2D eigenvalue weighted by Gasteiger charge is 2.33. The fraction of sp³-hybridized carbons (Fsp3) is 0.577. The maximum absolute atomic E-state index is 13.1. The van der Waals surface area contributed by atoms with Crippen LogP contribution in [-0.4, -0.2) is 63.6 Å². The maximum atomic E-state index is 13.1. The van der Waals surface area contributed by atoms with Gasteiger partial charge in [-0.15, -0.1) is 0 Å². The standard InChI is InChI=1S/C26H37N5O4/c1-18(2)30-23(15-24(33)31(19(3)4)25(30)34)29-12-10-28(11-13-29)17-22(32)26(5,6)35-21-9-7-8-20(14-21)16-27/h7-9,14-15,18-19,22,32H,10-13,17H2,1-6H3. The highest BCUT2D eigenvalue weighted by Crippen LogP contribution is 2.24. The lowest BCUT2D eigenvalue weighted by molar-refractivity contribution is -0.0449. The maximum Gasteiger partial charge on any atom is 0.333 e. The molecule has 190 valence electrons. The van der Waals surface area contributed by atoms with Gasteiger partial charge in [-0.2, -0.15) is 5.26 Å². The smallest absolute Gasteiger partial charge is 0.333 e. The van der Waals surface area contributed by atoms with Crippen molar-refractivity contribution in [1.29, 1.82) is 5.26 Å². The minimum Gasteiger partial charge on any atom is -0.485 e. The molecule has 0 spiro atoms. The molecule has 1 N–H and O–H groups in total. The number of anilines is 1. The molecule has 3 rings (SSSR count). The molecule has 1 saturated heterocycles. The van der Waals surface area contributed by atoms with Crippen LogP contribution in [0.2, 0.25) is 0 Å². The van der Waals surface area contributed by atoms with Crippen LogP contribution in [0.3, 0.4) is 0 Å². The number of rotatable bonds is 8. The monoisotopic (exact) mass is 483 g/mol. The van der Waals surface area contributed by atoms with Crippen molar-refractivity contribution in [3.63, 3.8) is 0 Å².